The Hall–Kier alpha value is -1.59. The summed E-state index contributed by atoms with van der Waals surface area (Å²) in [5.74, 6) is -0.760. The maximum absolute atomic E-state index is 12.2. The molecular weight excluding hydrogens is 306 g/mol. The number of rotatable bonds is 6. The second kappa shape index (κ2) is 8.15. The van der Waals surface area contributed by atoms with Crippen LogP contribution in [0.4, 0.5) is 0 Å². The van der Waals surface area contributed by atoms with Gasteiger partial charge in [0.15, 0.2) is 0 Å². The Balaban J connectivity index is 1.97. The van der Waals surface area contributed by atoms with Crippen molar-refractivity contribution in [3.63, 3.8) is 0 Å². The number of hydrogen-bond donors (Lipinski definition) is 2. The van der Waals surface area contributed by atoms with E-state index >= 15 is 0 Å². The summed E-state index contributed by atoms with van der Waals surface area (Å²) in [6.45, 7) is 1.38. The van der Waals surface area contributed by atoms with E-state index in [1.807, 2.05) is 0 Å². The van der Waals surface area contributed by atoms with Crippen molar-refractivity contribution in [2.75, 3.05) is 13.2 Å². The molecule has 0 radical (unpaired) electrons. The van der Waals surface area contributed by atoms with E-state index < -0.39 is 12.0 Å². The van der Waals surface area contributed by atoms with Crippen molar-refractivity contribution < 1.29 is 19.4 Å². The van der Waals surface area contributed by atoms with Gasteiger partial charge in [-0.3, -0.25) is 9.59 Å². The molecule has 2 N–H and O–H groups in total. The predicted molar refractivity (Wildman–Crippen MR) is 82.7 cm³/mol. The van der Waals surface area contributed by atoms with Gasteiger partial charge in [-0.15, -0.1) is 0 Å². The molecule has 0 aliphatic carbocycles. The molecule has 1 atom stereocenters. The lowest BCUT2D eigenvalue weighted by Crippen LogP contribution is -2.32. The molecule has 0 unspecified atom stereocenters. The van der Waals surface area contributed by atoms with Gasteiger partial charge in [0, 0.05) is 24.7 Å². The number of aliphatic carboxylic acids is 1. The van der Waals surface area contributed by atoms with Crippen LogP contribution in [0.2, 0.25) is 5.02 Å². The molecule has 1 amide bonds. The largest absolute Gasteiger partial charge is 0.481 e. The normalized spacial score (nSPS) is 17.0. The first-order valence-electron chi connectivity index (χ1n) is 7.39. The van der Waals surface area contributed by atoms with Crippen LogP contribution in [0.15, 0.2) is 24.3 Å². The third-order valence-electron chi connectivity index (χ3n) is 3.80. The Morgan fingerprint density at radius 1 is 1.27 bits per heavy atom. The zero-order chi connectivity index (χ0) is 15.9. The number of nitrogens with one attached hydrogen (secondary N) is 1. The molecule has 1 aromatic carbocycles. The minimum Gasteiger partial charge on any atom is -0.481 e. The fourth-order valence-corrected chi connectivity index (χ4v) is 2.71. The van der Waals surface area contributed by atoms with Crippen LogP contribution < -0.4 is 5.32 Å². The molecule has 2 rings (SSSR count). The summed E-state index contributed by atoms with van der Waals surface area (Å²) in [5.41, 5.74) is 0.743. The standard InChI is InChI=1S/C16H20ClNO4/c17-13-3-1-12(2-4-13)14(10-16(20)21)18-15(19)9-11-5-7-22-8-6-11/h1-4,11,14H,5-10H2,(H,18,19)(H,20,21)/t14-/m0/s1. The Bertz CT molecular complexity index is 511. The summed E-state index contributed by atoms with van der Waals surface area (Å²) in [7, 11) is 0. The van der Waals surface area contributed by atoms with Crippen molar-refractivity contribution in [3.8, 4) is 0 Å². The summed E-state index contributed by atoms with van der Waals surface area (Å²) in [6.07, 6.45) is 2.00. The number of carbonyl (C=O) groups is 2. The Morgan fingerprint density at radius 3 is 2.50 bits per heavy atom. The Labute approximate surface area is 134 Å². The first-order chi connectivity index (χ1) is 10.5. The van der Waals surface area contributed by atoms with Crippen molar-refractivity contribution in [1.29, 1.82) is 0 Å². The van der Waals surface area contributed by atoms with Crippen LogP contribution in [0.25, 0.3) is 0 Å². The lowest BCUT2D eigenvalue weighted by Gasteiger charge is -2.23. The molecule has 1 saturated heterocycles. The summed E-state index contributed by atoms with van der Waals surface area (Å²) >= 11 is 5.84. The minimum atomic E-state index is -0.952. The van der Waals surface area contributed by atoms with E-state index in [1.165, 1.54) is 0 Å². The van der Waals surface area contributed by atoms with Gasteiger partial charge in [0.05, 0.1) is 12.5 Å². The molecule has 22 heavy (non-hydrogen) atoms. The Kier molecular flexibility index (Phi) is 6.21. The topological polar surface area (TPSA) is 75.6 Å². The minimum absolute atomic E-state index is 0.117. The number of halogens is 1. The molecule has 0 bridgehead atoms. The quantitative estimate of drug-likeness (QED) is 0.843. The highest BCUT2D eigenvalue weighted by molar-refractivity contribution is 6.30. The summed E-state index contributed by atoms with van der Waals surface area (Å²) in [4.78, 5) is 23.2. The molecule has 0 spiro atoms. The second-order valence-electron chi connectivity index (χ2n) is 5.53. The first-order valence-corrected chi connectivity index (χ1v) is 7.76. The molecule has 1 aromatic rings. The number of hydrogen-bond acceptors (Lipinski definition) is 3. The summed E-state index contributed by atoms with van der Waals surface area (Å²) in [5, 5.41) is 12.4. The van der Waals surface area contributed by atoms with Crippen LogP contribution in [0.5, 0.6) is 0 Å². The fraction of sp³-hybridized carbons (Fsp3) is 0.500. The van der Waals surface area contributed by atoms with Crippen molar-refractivity contribution in [2.24, 2.45) is 5.92 Å². The van der Waals surface area contributed by atoms with Gasteiger partial charge in [0.25, 0.3) is 0 Å². The summed E-state index contributed by atoms with van der Waals surface area (Å²) in [6, 6.07) is 6.32. The van der Waals surface area contributed by atoms with Crippen molar-refractivity contribution in [3.05, 3.63) is 34.9 Å². The van der Waals surface area contributed by atoms with E-state index in [1.54, 1.807) is 24.3 Å². The van der Waals surface area contributed by atoms with E-state index in [-0.39, 0.29) is 12.3 Å². The van der Waals surface area contributed by atoms with Gasteiger partial charge in [0.2, 0.25) is 5.91 Å². The van der Waals surface area contributed by atoms with Gasteiger partial charge in [-0.25, -0.2) is 0 Å². The molecule has 120 valence electrons. The van der Waals surface area contributed by atoms with E-state index in [0.29, 0.717) is 30.6 Å². The molecule has 0 saturated carbocycles. The number of ether oxygens (including phenoxy) is 1. The molecular formula is C16H20ClNO4. The van der Waals surface area contributed by atoms with Crippen LogP contribution in [0, 0.1) is 5.92 Å². The van der Waals surface area contributed by atoms with Crippen molar-refractivity contribution in [2.45, 2.75) is 31.7 Å². The fourth-order valence-electron chi connectivity index (χ4n) is 2.59. The number of benzene rings is 1. The molecule has 6 heteroatoms. The van der Waals surface area contributed by atoms with E-state index in [2.05, 4.69) is 5.32 Å². The van der Waals surface area contributed by atoms with E-state index in [4.69, 9.17) is 21.4 Å². The van der Waals surface area contributed by atoms with E-state index in [9.17, 15) is 9.59 Å². The van der Waals surface area contributed by atoms with E-state index in [0.717, 1.165) is 18.4 Å². The maximum atomic E-state index is 12.2. The molecule has 0 aromatic heterocycles. The number of carboxylic acid groups (broad SMARTS) is 1. The lowest BCUT2D eigenvalue weighted by molar-refractivity contribution is -0.137. The monoisotopic (exact) mass is 325 g/mol. The van der Waals surface area contributed by atoms with Gasteiger partial charge < -0.3 is 15.2 Å². The zero-order valence-electron chi connectivity index (χ0n) is 12.3. The third-order valence-corrected chi connectivity index (χ3v) is 4.05. The van der Waals surface area contributed by atoms with Gasteiger partial charge in [-0.2, -0.15) is 0 Å². The second-order valence-corrected chi connectivity index (χ2v) is 5.97. The predicted octanol–water partition coefficient (Wildman–Crippen LogP) is 2.79. The van der Waals surface area contributed by atoms with Crippen molar-refractivity contribution >= 4 is 23.5 Å². The third kappa shape index (κ3) is 5.31. The highest BCUT2D eigenvalue weighted by Crippen LogP contribution is 2.22. The molecule has 5 nitrogen and oxygen atoms in total. The average Bonchev–Trinajstić information content (AvgIpc) is 2.48. The van der Waals surface area contributed by atoms with Crippen LogP contribution in [0.3, 0.4) is 0 Å². The first kappa shape index (κ1) is 16.8. The van der Waals surface area contributed by atoms with Crippen LogP contribution in [0.1, 0.15) is 37.3 Å². The average molecular weight is 326 g/mol. The number of amides is 1. The zero-order valence-corrected chi connectivity index (χ0v) is 13.0. The van der Waals surface area contributed by atoms with Gasteiger partial charge >= 0.3 is 5.97 Å². The SMILES string of the molecule is O=C(O)C[C@H](NC(=O)CC1CCOCC1)c1ccc(Cl)cc1. The Morgan fingerprint density at radius 2 is 1.91 bits per heavy atom. The highest BCUT2D eigenvalue weighted by atomic mass is 35.5. The molecule has 1 aliphatic rings. The van der Waals surface area contributed by atoms with Gasteiger partial charge in [0.1, 0.15) is 0 Å². The van der Waals surface area contributed by atoms with Crippen LogP contribution in [-0.4, -0.2) is 30.2 Å². The van der Waals surface area contributed by atoms with Crippen LogP contribution >= 0.6 is 11.6 Å². The molecule has 1 heterocycles. The van der Waals surface area contributed by atoms with Gasteiger partial charge in [-0.05, 0) is 36.5 Å². The van der Waals surface area contributed by atoms with Crippen LogP contribution in [-0.2, 0) is 14.3 Å². The number of carbonyl (C=O) groups excluding carboxylic acids is 1. The lowest BCUT2D eigenvalue weighted by atomic mass is 9.95. The smallest absolute Gasteiger partial charge is 0.305 e. The highest BCUT2D eigenvalue weighted by Gasteiger charge is 2.22. The van der Waals surface area contributed by atoms with Gasteiger partial charge in [-0.1, -0.05) is 23.7 Å². The summed E-state index contributed by atoms with van der Waals surface area (Å²) < 4.78 is 5.27. The molecule has 1 fully saturated rings. The molecule has 1 aliphatic heterocycles. The number of carboxylic acids is 1. The van der Waals surface area contributed by atoms with Crippen molar-refractivity contribution in [1.82, 2.24) is 5.32 Å². The maximum Gasteiger partial charge on any atom is 0.305 e.